The van der Waals surface area contributed by atoms with Crippen molar-refractivity contribution in [2.45, 2.75) is 358 Å². The maximum atomic E-state index is 13.2. The molecule has 0 aromatic carbocycles. The Hall–Kier alpha value is -3.67. The maximum absolute atomic E-state index is 13.2. The van der Waals surface area contributed by atoms with E-state index < -0.39 is 49.5 Å². The van der Waals surface area contributed by atoms with E-state index in [0.717, 1.165) is 116 Å². The fourth-order valence-electron chi connectivity index (χ4n) is 11.2. The number of hydrogen-bond acceptors (Lipinski definition) is 8. The van der Waals surface area contributed by atoms with Crippen LogP contribution in [0.3, 0.4) is 0 Å². The van der Waals surface area contributed by atoms with Gasteiger partial charge in [0.1, 0.15) is 24.4 Å². The second-order valence-corrected chi connectivity index (χ2v) is 25.4. The van der Waals surface area contributed by atoms with Crippen LogP contribution in [0.25, 0.3) is 0 Å². The average molecular weight is 1260 g/mol. The van der Waals surface area contributed by atoms with E-state index in [-0.39, 0.29) is 12.5 Å². The van der Waals surface area contributed by atoms with Gasteiger partial charge in [-0.1, -0.05) is 347 Å². The smallest absolute Gasteiger partial charge is 0.220 e. The first-order valence-electron chi connectivity index (χ1n) is 37.4. The van der Waals surface area contributed by atoms with Gasteiger partial charge in [0.05, 0.1) is 25.4 Å². The predicted octanol–water partition coefficient (Wildman–Crippen LogP) is 21.1. The highest BCUT2D eigenvalue weighted by Crippen LogP contribution is 2.23. The minimum absolute atomic E-state index is 0.187. The lowest BCUT2D eigenvalue weighted by molar-refractivity contribution is -0.302. The Balaban J connectivity index is 2.15. The first-order valence-corrected chi connectivity index (χ1v) is 37.4. The van der Waals surface area contributed by atoms with Crippen molar-refractivity contribution in [3.63, 3.8) is 0 Å². The molecule has 1 amide bonds. The molecular formula is C81H139NO8. The third kappa shape index (κ3) is 55.9. The number of ether oxygens (including phenoxy) is 2. The van der Waals surface area contributed by atoms with Crippen molar-refractivity contribution in [3.05, 3.63) is 134 Å². The molecule has 6 N–H and O–H groups in total. The van der Waals surface area contributed by atoms with Crippen LogP contribution in [0.15, 0.2) is 134 Å². The largest absolute Gasteiger partial charge is 0.394 e. The van der Waals surface area contributed by atoms with Gasteiger partial charge in [0.15, 0.2) is 6.29 Å². The Kier molecular flexibility index (Phi) is 63.9. The molecule has 9 heteroatoms. The molecule has 0 radical (unpaired) electrons. The minimum Gasteiger partial charge on any atom is -0.394 e. The van der Waals surface area contributed by atoms with Crippen LogP contribution < -0.4 is 5.32 Å². The maximum Gasteiger partial charge on any atom is 0.220 e. The first-order chi connectivity index (χ1) is 44.3. The molecular weight excluding hydrogens is 1110 g/mol. The molecule has 7 atom stereocenters. The van der Waals surface area contributed by atoms with Crippen molar-refractivity contribution in [1.29, 1.82) is 0 Å². The van der Waals surface area contributed by atoms with Crippen LogP contribution in [0.2, 0.25) is 0 Å². The summed E-state index contributed by atoms with van der Waals surface area (Å²) in [7, 11) is 0. The number of aliphatic hydroxyl groups is 5. The number of aliphatic hydroxyl groups excluding tert-OH is 5. The third-order valence-corrected chi connectivity index (χ3v) is 17.0. The van der Waals surface area contributed by atoms with Crippen molar-refractivity contribution in [3.8, 4) is 0 Å². The number of carbonyl (C=O) groups is 1. The number of allylic oxidation sites excluding steroid dienone is 21. The number of rotatable bonds is 64. The number of nitrogens with one attached hydrogen (secondary N) is 1. The molecule has 0 aromatic rings. The van der Waals surface area contributed by atoms with Crippen molar-refractivity contribution >= 4 is 5.91 Å². The van der Waals surface area contributed by atoms with Gasteiger partial charge in [-0.2, -0.15) is 0 Å². The quantitative estimate of drug-likeness (QED) is 0.0261. The molecule has 90 heavy (non-hydrogen) atoms. The van der Waals surface area contributed by atoms with Gasteiger partial charge in [0.2, 0.25) is 5.91 Å². The van der Waals surface area contributed by atoms with Crippen LogP contribution in [-0.4, -0.2) is 87.5 Å². The Bertz CT molecular complexity index is 1890. The summed E-state index contributed by atoms with van der Waals surface area (Å²) in [5.41, 5.74) is 0. The zero-order chi connectivity index (χ0) is 64.9. The van der Waals surface area contributed by atoms with Crippen LogP contribution in [0.1, 0.15) is 316 Å². The Morgan fingerprint density at radius 3 is 1.02 bits per heavy atom. The highest BCUT2D eigenvalue weighted by molar-refractivity contribution is 5.76. The normalized spacial score (nSPS) is 18.6. The first kappa shape index (κ1) is 84.3. The van der Waals surface area contributed by atoms with E-state index in [1.54, 1.807) is 6.08 Å². The van der Waals surface area contributed by atoms with Crippen LogP contribution >= 0.6 is 0 Å². The lowest BCUT2D eigenvalue weighted by Gasteiger charge is -2.40. The standard InChI is InChI=1S/C81H139NO8/c1-3-5-7-9-11-13-15-17-19-21-23-25-27-29-31-33-34-35-36-37-38-39-40-41-42-43-45-47-49-51-53-55-57-59-61-63-65-67-69-71-77(85)82-74(73-89-81-80(88)79(87)78(86)76(72-83)90-81)75(84)70-68-66-64-62-60-58-56-54-52-50-48-46-44-32-30-28-26-24-22-20-18-16-14-12-10-8-6-4-2/h5,7,11,13,17,19,23,25,29,31,34-35,37-38,40-41,43,45,49,51,68,70,74-76,78-81,83-84,86-88H,3-4,6,8-10,12,14-16,18,20-22,24,26-28,30,32-33,36,39,42,44,46-48,50,52-67,69,71-73H2,1-2H3,(H,82,85)/b7-5-,13-11-,19-17-,25-23-,31-29-,35-34-,38-37-,41-40-,45-43-,51-49-,70-68+. The molecule has 1 rings (SSSR count). The average Bonchev–Trinajstić information content (AvgIpc) is 2.75. The molecule has 0 aliphatic carbocycles. The van der Waals surface area contributed by atoms with Gasteiger partial charge < -0.3 is 40.3 Å². The molecule has 7 unspecified atom stereocenters. The minimum atomic E-state index is -1.58. The summed E-state index contributed by atoms with van der Waals surface area (Å²) >= 11 is 0. The molecule has 1 saturated heterocycles. The van der Waals surface area contributed by atoms with E-state index in [1.165, 1.54) is 180 Å². The molecule has 0 spiro atoms. The van der Waals surface area contributed by atoms with Gasteiger partial charge in [-0.15, -0.1) is 0 Å². The van der Waals surface area contributed by atoms with E-state index in [4.69, 9.17) is 9.47 Å². The summed E-state index contributed by atoms with van der Waals surface area (Å²) in [5, 5.41) is 54.8. The molecule has 9 nitrogen and oxygen atoms in total. The molecule has 516 valence electrons. The predicted molar refractivity (Wildman–Crippen MR) is 387 cm³/mol. The molecule has 1 aliphatic heterocycles. The van der Waals surface area contributed by atoms with Crippen molar-refractivity contribution in [2.24, 2.45) is 0 Å². The highest BCUT2D eigenvalue weighted by atomic mass is 16.7. The molecule has 0 aromatic heterocycles. The number of unbranched alkanes of at least 4 members (excludes halogenated alkanes) is 34. The van der Waals surface area contributed by atoms with Gasteiger partial charge in [-0.05, 0) is 96.3 Å². The molecule has 1 aliphatic rings. The van der Waals surface area contributed by atoms with Crippen molar-refractivity contribution < 1.29 is 39.8 Å². The monoisotopic (exact) mass is 1250 g/mol. The van der Waals surface area contributed by atoms with Gasteiger partial charge in [0.25, 0.3) is 0 Å². The van der Waals surface area contributed by atoms with Crippen LogP contribution in [0.5, 0.6) is 0 Å². The van der Waals surface area contributed by atoms with E-state index in [9.17, 15) is 30.3 Å². The summed E-state index contributed by atoms with van der Waals surface area (Å²) in [6.07, 6.45) is 97.0. The van der Waals surface area contributed by atoms with Crippen LogP contribution in [-0.2, 0) is 14.3 Å². The van der Waals surface area contributed by atoms with Crippen molar-refractivity contribution in [2.75, 3.05) is 13.2 Å². The molecule has 0 saturated carbocycles. The van der Waals surface area contributed by atoms with Crippen LogP contribution in [0, 0.1) is 0 Å². The Morgan fingerprint density at radius 1 is 0.389 bits per heavy atom. The molecule has 1 fully saturated rings. The fourth-order valence-corrected chi connectivity index (χ4v) is 11.2. The van der Waals surface area contributed by atoms with Gasteiger partial charge in [-0.3, -0.25) is 4.79 Å². The Morgan fingerprint density at radius 2 is 0.689 bits per heavy atom. The number of hydrogen-bond donors (Lipinski definition) is 6. The number of amides is 1. The van der Waals surface area contributed by atoms with Crippen molar-refractivity contribution in [1.82, 2.24) is 5.32 Å². The zero-order valence-electron chi connectivity index (χ0n) is 57.9. The van der Waals surface area contributed by atoms with E-state index in [2.05, 4.69) is 141 Å². The zero-order valence-corrected chi connectivity index (χ0v) is 57.9. The van der Waals surface area contributed by atoms with Crippen LogP contribution in [0.4, 0.5) is 0 Å². The summed E-state index contributed by atoms with van der Waals surface area (Å²) in [6, 6.07) is -0.821. The second kappa shape index (κ2) is 68.2. The summed E-state index contributed by atoms with van der Waals surface area (Å²) in [5.74, 6) is -0.187. The third-order valence-electron chi connectivity index (χ3n) is 17.0. The van der Waals surface area contributed by atoms with E-state index in [1.807, 2.05) is 6.08 Å². The highest BCUT2D eigenvalue weighted by Gasteiger charge is 2.44. The summed E-state index contributed by atoms with van der Waals surface area (Å²) in [6.45, 7) is 3.69. The van der Waals surface area contributed by atoms with Gasteiger partial charge in [-0.25, -0.2) is 0 Å². The lowest BCUT2D eigenvalue weighted by atomic mass is 9.99. The Labute approximate surface area is 553 Å². The fraction of sp³-hybridized carbons (Fsp3) is 0.716. The number of carbonyl (C=O) groups excluding carboxylic acids is 1. The van der Waals surface area contributed by atoms with Gasteiger partial charge in [0, 0.05) is 6.42 Å². The lowest BCUT2D eigenvalue weighted by Crippen LogP contribution is -2.60. The topological polar surface area (TPSA) is 149 Å². The second-order valence-electron chi connectivity index (χ2n) is 25.4. The van der Waals surface area contributed by atoms with E-state index in [0.29, 0.717) is 6.42 Å². The SMILES string of the molecule is CC/C=C\C/C=C\C/C=C\C/C=C\C/C=C\C/C=C\C/C=C\C/C=C\C/C=C\C/C=C\CCCCCCCCCCC(=O)NC(COC1OC(CO)C(O)C(O)C1O)C(O)/C=C/CCCCCCCCCCCCCCCCCCCCCCCCCCCC. The molecule has 1 heterocycles. The molecule has 0 bridgehead atoms. The summed E-state index contributed by atoms with van der Waals surface area (Å²) < 4.78 is 11.3. The van der Waals surface area contributed by atoms with E-state index >= 15 is 0 Å². The van der Waals surface area contributed by atoms with Gasteiger partial charge >= 0.3 is 0 Å². The summed E-state index contributed by atoms with van der Waals surface area (Å²) in [4.78, 5) is 13.2.